The highest BCUT2D eigenvalue weighted by Crippen LogP contribution is 2.62. The summed E-state index contributed by atoms with van der Waals surface area (Å²) in [5, 5.41) is 0. The van der Waals surface area contributed by atoms with Crippen LogP contribution in [0.4, 0.5) is 0 Å². The van der Waals surface area contributed by atoms with Crippen LogP contribution in [0.3, 0.4) is 0 Å². The number of rotatable bonds is 6. The molecule has 2 saturated carbocycles. The normalized spacial score (nSPS) is 37.4. The summed E-state index contributed by atoms with van der Waals surface area (Å²) < 4.78 is 18.2. The molecular formula is C24H36O3. The number of hydrogen-bond donors (Lipinski definition) is 0. The molecule has 0 aliphatic heterocycles. The topological polar surface area (TPSA) is 27.7 Å². The van der Waals surface area contributed by atoms with Gasteiger partial charge in [-0.15, -0.1) is 0 Å². The minimum Gasteiger partial charge on any atom is -0.497 e. The molecule has 1 aromatic carbocycles. The van der Waals surface area contributed by atoms with E-state index in [2.05, 4.69) is 39.0 Å². The van der Waals surface area contributed by atoms with Crippen LogP contribution in [0.15, 0.2) is 18.2 Å². The molecule has 2 fully saturated rings. The molecule has 4 rings (SSSR count). The van der Waals surface area contributed by atoms with Gasteiger partial charge in [0.05, 0.1) is 19.3 Å². The maximum Gasteiger partial charge on any atom is 0.119 e. The molecule has 6 unspecified atom stereocenters. The highest BCUT2D eigenvalue weighted by atomic mass is 16.5. The maximum absolute atomic E-state index is 6.37. The van der Waals surface area contributed by atoms with Crippen LogP contribution in [0.1, 0.15) is 69.9 Å². The van der Waals surface area contributed by atoms with Crippen LogP contribution >= 0.6 is 0 Å². The summed E-state index contributed by atoms with van der Waals surface area (Å²) in [6.07, 6.45) is 7.94. The molecule has 0 radical (unpaired) electrons. The van der Waals surface area contributed by atoms with Crippen molar-refractivity contribution in [3.05, 3.63) is 29.3 Å². The van der Waals surface area contributed by atoms with Crippen LogP contribution in [0.5, 0.6) is 5.75 Å². The Morgan fingerprint density at radius 1 is 1.11 bits per heavy atom. The molecular weight excluding hydrogens is 336 g/mol. The first-order chi connectivity index (χ1) is 13.1. The minimum absolute atomic E-state index is 0.315. The van der Waals surface area contributed by atoms with Gasteiger partial charge in [-0.2, -0.15) is 0 Å². The highest BCUT2D eigenvalue weighted by Gasteiger charge is 2.57. The second-order valence-corrected chi connectivity index (χ2v) is 9.03. The number of benzene rings is 1. The molecule has 0 spiro atoms. The Morgan fingerprint density at radius 3 is 2.70 bits per heavy atom. The highest BCUT2D eigenvalue weighted by molar-refractivity contribution is 5.41. The summed E-state index contributed by atoms with van der Waals surface area (Å²) in [5.74, 6) is 2.93. The molecule has 0 saturated heterocycles. The van der Waals surface area contributed by atoms with Crippen molar-refractivity contribution in [1.29, 1.82) is 0 Å². The Hall–Kier alpha value is -1.06. The van der Waals surface area contributed by atoms with Gasteiger partial charge in [-0.05, 0) is 91.9 Å². The summed E-state index contributed by atoms with van der Waals surface area (Å²) >= 11 is 0. The molecule has 0 amide bonds. The molecule has 3 heteroatoms. The number of fused-ring (bicyclic) bond motifs is 5. The van der Waals surface area contributed by atoms with Gasteiger partial charge in [-0.3, -0.25) is 0 Å². The van der Waals surface area contributed by atoms with Gasteiger partial charge in [0.15, 0.2) is 0 Å². The summed E-state index contributed by atoms with van der Waals surface area (Å²) in [4.78, 5) is 0. The summed E-state index contributed by atoms with van der Waals surface area (Å²) in [5.41, 5.74) is 3.31. The lowest BCUT2D eigenvalue weighted by atomic mass is 9.54. The summed E-state index contributed by atoms with van der Waals surface area (Å²) in [7, 11) is 1.76. The predicted molar refractivity (Wildman–Crippen MR) is 108 cm³/mol. The first kappa shape index (κ1) is 19.3. The van der Waals surface area contributed by atoms with E-state index in [-0.39, 0.29) is 0 Å². The van der Waals surface area contributed by atoms with Gasteiger partial charge >= 0.3 is 0 Å². The van der Waals surface area contributed by atoms with Crippen molar-refractivity contribution >= 4 is 0 Å². The average Bonchev–Trinajstić information content (AvgIpc) is 3.02. The Morgan fingerprint density at radius 2 is 1.96 bits per heavy atom. The van der Waals surface area contributed by atoms with Gasteiger partial charge in [0.25, 0.3) is 0 Å². The van der Waals surface area contributed by atoms with Crippen molar-refractivity contribution in [3.63, 3.8) is 0 Å². The van der Waals surface area contributed by atoms with Crippen molar-refractivity contribution in [2.24, 2.45) is 17.3 Å². The fourth-order valence-corrected chi connectivity index (χ4v) is 6.55. The third-order valence-electron chi connectivity index (χ3n) is 7.75. The van der Waals surface area contributed by atoms with E-state index in [0.717, 1.165) is 31.8 Å². The van der Waals surface area contributed by atoms with E-state index in [4.69, 9.17) is 14.2 Å². The molecule has 3 aliphatic rings. The van der Waals surface area contributed by atoms with E-state index in [0.29, 0.717) is 35.4 Å². The Labute approximate surface area is 164 Å². The van der Waals surface area contributed by atoms with Gasteiger partial charge in [-0.1, -0.05) is 19.9 Å². The molecule has 0 bridgehead atoms. The van der Waals surface area contributed by atoms with Gasteiger partial charge < -0.3 is 14.2 Å². The zero-order valence-corrected chi connectivity index (χ0v) is 17.5. The fourth-order valence-electron chi connectivity index (χ4n) is 6.55. The van der Waals surface area contributed by atoms with Gasteiger partial charge in [0.2, 0.25) is 0 Å². The molecule has 3 nitrogen and oxygen atoms in total. The van der Waals surface area contributed by atoms with Crippen LogP contribution in [0.25, 0.3) is 0 Å². The molecule has 6 atom stereocenters. The van der Waals surface area contributed by atoms with Crippen LogP contribution in [0, 0.1) is 17.3 Å². The summed E-state index contributed by atoms with van der Waals surface area (Å²) in [6.45, 7) is 8.56. The standard InChI is InChI=1S/C24H36O3/c1-5-13-27-22-10-9-20-23-19(11-12-24(20,22)3)18-8-7-17(25-4)14-16(18)15-21(23)26-6-2/h7-8,14,19-23H,5-6,9-13,15H2,1-4H3. The largest absolute Gasteiger partial charge is 0.497 e. The van der Waals surface area contributed by atoms with Crippen molar-refractivity contribution in [2.45, 2.75) is 77.4 Å². The van der Waals surface area contributed by atoms with E-state index in [1.54, 1.807) is 12.7 Å². The maximum atomic E-state index is 6.37. The van der Waals surface area contributed by atoms with E-state index in [1.165, 1.54) is 31.2 Å². The molecule has 0 N–H and O–H groups in total. The minimum atomic E-state index is 0.315. The Kier molecular flexibility index (Phi) is 5.53. The van der Waals surface area contributed by atoms with E-state index in [9.17, 15) is 0 Å². The quantitative estimate of drug-likeness (QED) is 0.673. The SMILES string of the molecule is CCCOC1CCC2C3C(OCC)Cc4cc(OC)ccc4C3CCC12C. The average molecular weight is 373 g/mol. The third kappa shape index (κ3) is 3.21. The number of ether oxygens (including phenoxy) is 3. The van der Waals surface area contributed by atoms with E-state index >= 15 is 0 Å². The van der Waals surface area contributed by atoms with E-state index in [1.807, 2.05) is 0 Å². The van der Waals surface area contributed by atoms with Crippen molar-refractivity contribution in [3.8, 4) is 5.75 Å². The Balaban J connectivity index is 1.66. The van der Waals surface area contributed by atoms with Crippen molar-refractivity contribution in [1.82, 2.24) is 0 Å². The zero-order valence-electron chi connectivity index (χ0n) is 17.5. The fraction of sp³-hybridized carbons (Fsp3) is 0.750. The van der Waals surface area contributed by atoms with Gasteiger partial charge in [0.1, 0.15) is 5.75 Å². The van der Waals surface area contributed by atoms with Crippen LogP contribution in [-0.2, 0) is 15.9 Å². The second-order valence-electron chi connectivity index (χ2n) is 9.03. The van der Waals surface area contributed by atoms with Crippen molar-refractivity contribution in [2.75, 3.05) is 20.3 Å². The third-order valence-corrected chi connectivity index (χ3v) is 7.75. The smallest absolute Gasteiger partial charge is 0.119 e. The van der Waals surface area contributed by atoms with Gasteiger partial charge in [0, 0.05) is 13.2 Å². The molecule has 3 aliphatic carbocycles. The molecule has 150 valence electrons. The number of hydrogen-bond acceptors (Lipinski definition) is 3. The molecule has 1 aromatic rings. The Bertz CT molecular complexity index is 657. The van der Waals surface area contributed by atoms with E-state index < -0.39 is 0 Å². The van der Waals surface area contributed by atoms with Gasteiger partial charge in [-0.25, -0.2) is 0 Å². The second kappa shape index (κ2) is 7.75. The lowest BCUT2D eigenvalue weighted by molar-refractivity contribution is -0.100. The zero-order chi connectivity index (χ0) is 19.0. The predicted octanol–water partition coefficient (Wildman–Crippen LogP) is 5.36. The first-order valence-electron chi connectivity index (χ1n) is 11.0. The lowest BCUT2D eigenvalue weighted by Crippen LogP contribution is -2.50. The van der Waals surface area contributed by atoms with Crippen LogP contribution in [-0.4, -0.2) is 32.5 Å². The number of methoxy groups -OCH3 is 1. The molecule has 0 aromatic heterocycles. The molecule has 27 heavy (non-hydrogen) atoms. The molecule has 0 heterocycles. The van der Waals surface area contributed by atoms with Crippen molar-refractivity contribution < 1.29 is 14.2 Å². The monoisotopic (exact) mass is 372 g/mol. The van der Waals surface area contributed by atoms with Crippen LogP contribution in [0.2, 0.25) is 0 Å². The summed E-state index contributed by atoms with van der Waals surface area (Å²) in [6, 6.07) is 6.72. The lowest BCUT2D eigenvalue weighted by Gasteiger charge is -2.53. The first-order valence-corrected chi connectivity index (χ1v) is 11.0. The van der Waals surface area contributed by atoms with Crippen LogP contribution < -0.4 is 4.74 Å².